The summed E-state index contributed by atoms with van der Waals surface area (Å²) in [6.45, 7) is 0.750. The van der Waals surface area contributed by atoms with Crippen molar-refractivity contribution in [3.8, 4) is 5.75 Å². The molecule has 19 heavy (non-hydrogen) atoms. The van der Waals surface area contributed by atoms with Gasteiger partial charge >= 0.3 is 0 Å². The largest absolute Gasteiger partial charge is 0.497 e. The van der Waals surface area contributed by atoms with E-state index in [0.29, 0.717) is 0 Å². The van der Waals surface area contributed by atoms with Crippen LogP contribution in [0.3, 0.4) is 0 Å². The van der Waals surface area contributed by atoms with Crippen molar-refractivity contribution < 1.29 is 23.4 Å². The normalized spacial score (nSPS) is 16.5. The van der Waals surface area contributed by atoms with Gasteiger partial charge in [-0.3, -0.25) is 4.79 Å². The first-order valence-corrected chi connectivity index (χ1v) is 5.51. The highest BCUT2D eigenvalue weighted by molar-refractivity contribution is 5.83. The lowest BCUT2D eigenvalue weighted by Crippen LogP contribution is -2.29. The second-order valence-electron chi connectivity index (χ2n) is 3.50. The Kier molecular flexibility index (Phi) is 8.39. The number of amides is 1. The van der Waals surface area contributed by atoms with Crippen LogP contribution in [0.1, 0.15) is 6.42 Å². The van der Waals surface area contributed by atoms with Gasteiger partial charge in [0.1, 0.15) is 17.4 Å². The molecule has 1 saturated heterocycles. The Morgan fingerprint density at radius 3 is 2.11 bits per heavy atom. The molecule has 1 atom stereocenters. The van der Waals surface area contributed by atoms with Crippen molar-refractivity contribution in [2.45, 2.75) is 12.5 Å². The molecule has 1 aromatic rings. The zero-order valence-corrected chi connectivity index (χ0v) is 10.8. The summed E-state index contributed by atoms with van der Waals surface area (Å²) in [6, 6.07) is 2.79. The maximum atomic E-state index is 12.3. The third-order valence-corrected chi connectivity index (χ3v) is 2.16. The van der Waals surface area contributed by atoms with Crippen LogP contribution in [0.2, 0.25) is 0 Å². The molecule has 1 amide bonds. The average Bonchev–Trinajstić information content (AvgIpc) is 2.76. The number of methoxy groups -OCH3 is 1. The fraction of sp³-hybridized carbons (Fsp3) is 0.417. The quantitative estimate of drug-likeness (QED) is 0.694. The van der Waals surface area contributed by atoms with Crippen molar-refractivity contribution >= 4 is 5.91 Å². The molecule has 1 fully saturated rings. The van der Waals surface area contributed by atoms with E-state index in [1.807, 2.05) is 0 Å². The van der Waals surface area contributed by atoms with Gasteiger partial charge in [-0.1, -0.05) is 0 Å². The number of aliphatic hydroxyl groups excluding tert-OH is 1. The van der Waals surface area contributed by atoms with E-state index in [0.717, 1.165) is 38.3 Å². The number of nitrogens with one attached hydrogen (secondary N) is 1. The molecule has 4 N–H and O–H groups in total. The van der Waals surface area contributed by atoms with Crippen molar-refractivity contribution in [3.63, 3.8) is 0 Å². The Morgan fingerprint density at radius 1 is 1.32 bits per heavy atom. The first-order chi connectivity index (χ1) is 9.02. The van der Waals surface area contributed by atoms with Crippen LogP contribution in [0.4, 0.5) is 8.78 Å². The zero-order valence-electron chi connectivity index (χ0n) is 10.8. The maximum Gasteiger partial charge on any atom is 0.236 e. The molecule has 5 nitrogen and oxygen atoms in total. The molecule has 0 aromatic heterocycles. The lowest BCUT2D eigenvalue weighted by molar-refractivity contribution is -0.120. The minimum atomic E-state index is -0.628. The summed E-state index contributed by atoms with van der Waals surface area (Å²) in [5.74, 6) is -1.08. The van der Waals surface area contributed by atoms with Gasteiger partial charge in [-0.2, -0.15) is 0 Å². The molecular formula is C12H18F2N2O3. The van der Waals surface area contributed by atoms with Gasteiger partial charge in [0.05, 0.1) is 13.2 Å². The molecule has 1 aromatic carbocycles. The average molecular weight is 276 g/mol. The highest BCUT2D eigenvalue weighted by Crippen LogP contribution is 2.13. The predicted octanol–water partition coefficient (Wildman–Crippen LogP) is 0.415. The number of benzene rings is 1. The Morgan fingerprint density at radius 2 is 1.84 bits per heavy atom. The lowest BCUT2D eigenvalue weighted by atomic mass is 10.3. The summed E-state index contributed by atoms with van der Waals surface area (Å²) >= 11 is 0. The van der Waals surface area contributed by atoms with E-state index < -0.39 is 11.6 Å². The van der Waals surface area contributed by atoms with Crippen LogP contribution in [-0.2, 0) is 4.79 Å². The summed E-state index contributed by atoms with van der Waals surface area (Å²) in [7, 11) is 2.36. The Labute approximate surface area is 110 Å². The lowest BCUT2D eigenvalue weighted by Gasteiger charge is -1.97. The number of carbonyl (C=O) groups excluding carboxylic acids is 1. The van der Waals surface area contributed by atoms with Crippen LogP contribution in [0, 0.1) is 11.6 Å². The smallest absolute Gasteiger partial charge is 0.236 e. The first-order valence-electron chi connectivity index (χ1n) is 5.51. The molecule has 1 unspecified atom stereocenters. The number of aliphatic hydroxyl groups is 1. The summed E-state index contributed by atoms with van der Waals surface area (Å²) in [5, 5.41) is 9.61. The summed E-state index contributed by atoms with van der Waals surface area (Å²) in [4.78, 5) is 10.3. The molecule has 108 valence electrons. The number of hydrogen-bond acceptors (Lipinski definition) is 4. The number of halogens is 2. The van der Waals surface area contributed by atoms with Gasteiger partial charge in [-0.15, -0.1) is 0 Å². The SMILES string of the molecule is CO.COc1cc(F)cc(F)c1.NC1CCNC1=O. The Bertz CT molecular complexity index is 382. The minimum Gasteiger partial charge on any atom is -0.497 e. The second kappa shape index (κ2) is 9.23. The number of ether oxygens (including phenoxy) is 1. The van der Waals surface area contributed by atoms with E-state index in [-0.39, 0.29) is 17.7 Å². The maximum absolute atomic E-state index is 12.3. The van der Waals surface area contributed by atoms with Crippen LogP contribution in [-0.4, -0.2) is 37.8 Å². The molecule has 0 aliphatic carbocycles. The van der Waals surface area contributed by atoms with Gasteiger partial charge in [-0.25, -0.2) is 8.78 Å². The summed E-state index contributed by atoms with van der Waals surface area (Å²) in [6.07, 6.45) is 0.791. The van der Waals surface area contributed by atoms with E-state index in [4.69, 9.17) is 10.8 Å². The van der Waals surface area contributed by atoms with Crippen LogP contribution >= 0.6 is 0 Å². The monoisotopic (exact) mass is 276 g/mol. The van der Waals surface area contributed by atoms with Crippen LogP contribution in [0.5, 0.6) is 5.75 Å². The zero-order chi connectivity index (χ0) is 14.8. The third kappa shape index (κ3) is 6.68. The summed E-state index contributed by atoms with van der Waals surface area (Å²) in [5.41, 5.74) is 5.27. The molecule has 2 rings (SSSR count). The van der Waals surface area contributed by atoms with Gasteiger partial charge < -0.3 is 20.9 Å². The fourth-order valence-corrected chi connectivity index (χ4v) is 1.26. The van der Waals surface area contributed by atoms with Crippen LogP contribution in [0.15, 0.2) is 18.2 Å². The standard InChI is InChI=1S/C7H6F2O.C4H8N2O.CH4O/c1-10-7-3-5(8)2-6(9)4-7;5-3-1-2-6-4(3)7;1-2/h2-4H,1H3;3H,1-2,5H2,(H,6,7);2H,1H3. The van der Waals surface area contributed by atoms with E-state index >= 15 is 0 Å². The highest BCUT2D eigenvalue weighted by Gasteiger charge is 2.18. The molecule has 1 aliphatic rings. The van der Waals surface area contributed by atoms with E-state index in [2.05, 4.69) is 10.1 Å². The number of carbonyl (C=O) groups is 1. The molecule has 7 heteroatoms. The van der Waals surface area contributed by atoms with Crippen LogP contribution < -0.4 is 15.8 Å². The Hall–Kier alpha value is -1.73. The molecular weight excluding hydrogens is 258 g/mol. The van der Waals surface area contributed by atoms with Gasteiger partial charge in [0.15, 0.2) is 0 Å². The van der Waals surface area contributed by atoms with Crippen molar-refractivity contribution in [1.82, 2.24) is 5.32 Å². The number of hydrogen-bond donors (Lipinski definition) is 3. The van der Waals surface area contributed by atoms with Crippen molar-refractivity contribution in [3.05, 3.63) is 29.8 Å². The second-order valence-corrected chi connectivity index (χ2v) is 3.50. The van der Waals surface area contributed by atoms with Gasteiger partial charge in [0.2, 0.25) is 5.91 Å². The molecule has 1 aliphatic heterocycles. The summed E-state index contributed by atoms with van der Waals surface area (Å²) < 4.78 is 29.2. The Balaban J connectivity index is 0.000000316. The molecule has 0 bridgehead atoms. The van der Waals surface area contributed by atoms with Crippen molar-refractivity contribution in [1.29, 1.82) is 0 Å². The van der Waals surface area contributed by atoms with Crippen LogP contribution in [0.25, 0.3) is 0 Å². The van der Waals surface area contributed by atoms with E-state index in [1.54, 1.807) is 0 Å². The fourth-order valence-electron chi connectivity index (χ4n) is 1.26. The van der Waals surface area contributed by atoms with E-state index in [9.17, 15) is 13.6 Å². The molecule has 0 spiro atoms. The molecule has 1 heterocycles. The number of nitrogens with two attached hydrogens (primary N) is 1. The molecule has 0 radical (unpaired) electrons. The minimum absolute atomic E-state index is 0.0139. The predicted molar refractivity (Wildman–Crippen MR) is 66.7 cm³/mol. The third-order valence-electron chi connectivity index (χ3n) is 2.16. The van der Waals surface area contributed by atoms with E-state index in [1.165, 1.54) is 7.11 Å². The molecule has 0 saturated carbocycles. The van der Waals surface area contributed by atoms with Crippen molar-refractivity contribution in [2.75, 3.05) is 20.8 Å². The first kappa shape index (κ1) is 17.3. The van der Waals surface area contributed by atoms with Gasteiger partial charge in [0.25, 0.3) is 0 Å². The van der Waals surface area contributed by atoms with Crippen molar-refractivity contribution in [2.24, 2.45) is 5.73 Å². The number of rotatable bonds is 1. The topological polar surface area (TPSA) is 84.6 Å². The van der Waals surface area contributed by atoms with Gasteiger partial charge in [0, 0.05) is 31.9 Å². The highest BCUT2D eigenvalue weighted by atomic mass is 19.1. The van der Waals surface area contributed by atoms with Gasteiger partial charge in [-0.05, 0) is 6.42 Å².